The van der Waals surface area contributed by atoms with Crippen LogP contribution in [0, 0.1) is 18.8 Å². The van der Waals surface area contributed by atoms with Crippen LogP contribution in [0.5, 0.6) is 0 Å². The van der Waals surface area contributed by atoms with Crippen molar-refractivity contribution in [2.75, 3.05) is 11.9 Å². The van der Waals surface area contributed by atoms with Crippen molar-refractivity contribution in [2.45, 2.75) is 59.0 Å². The van der Waals surface area contributed by atoms with Gasteiger partial charge in [0.05, 0.1) is 0 Å². The maximum Gasteiger partial charge on any atom is 0.407 e. The highest BCUT2D eigenvalue weighted by Crippen LogP contribution is 2.30. The van der Waals surface area contributed by atoms with Gasteiger partial charge in [0.25, 0.3) is 0 Å². The lowest BCUT2D eigenvalue weighted by Gasteiger charge is -2.28. The predicted molar refractivity (Wildman–Crippen MR) is 116 cm³/mol. The van der Waals surface area contributed by atoms with Crippen LogP contribution in [0.1, 0.15) is 52.0 Å². The van der Waals surface area contributed by atoms with Crippen LogP contribution in [0.2, 0.25) is 0 Å². The highest BCUT2D eigenvalue weighted by atomic mass is 16.6. The monoisotopic (exact) mass is 414 g/mol. The Morgan fingerprint density at radius 2 is 1.83 bits per heavy atom. The fourth-order valence-corrected chi connectivity index (χ4v) is 3.82. The first kappa shape index (κ1) is 21.9. The van der Waals surface area contributed by atoms with E-state index in [-0.39, 0.29) is 11.8 Å². The molecule has 0 aliphatic heterocycles. The lowest BCUT2D eigenvalue weighted by atomic mass is 9.81. The number of hydrogen-bond donors (Lipinski definition) is 2. The molecule has 1 aromatic carbocycles. The Morgan fingerprint density at radius 3 is 2.50 bits per heavy atom. The summed E-state index contributed by atoms with van der Waals surface area (Å²) in [6.45, 7) is 7.92. The number of anilines is 1. The van der Waals surface area contributed by atoms with E-state index >= 15 is 0 Å². The van der Waals surface area contributed by atoms with Crippen molar-refractivity contribution in [1.29, 1.82) is 0 Å². The molecule has 0 spiro atoms. The minimum atomic E-state index is -0.510. The van der Waals surface area contributed by atoms with Crippen molar-refractivity contribution in [3.63, 3.8) is 0 Å². The second-order valence-corrected chi connectivity index (χ2v) is 9.05. The zero-order valence-corrected chi connectivity index (χ0v) is 18.0. The number of amides is 2. The normalized spacial score (nSPS) is 19.3. The first-order valence-corrected chi connectivity index (χ1v) is 10.4. The number of carbonyl (C=O) groups excluding carboxylic acids is 2. The maximum atomic E-state index is 12.7. The molecular weight excluding hydrogens is 384 g/mol. The van der Waals surface area contributed by atoms with Crippen LogP contribution in [0.25, 0.3) is 11.0 Å². The van der Waals surface area contributed by atoms with E-state index < -0.39 is 17.3 Å². The van der Waals surface area contributed by atoms with Gasteiger partial charge in [0.2, 0.25) is 5.91 Å². The summed E-state index contributed by atoms with van der Waals surface area (Å²) in [5.74, 6) is 0.255. The fourth-order valence-electron chi connectivity index (χ4n) is 3.82. The quantitative estimate of drug-likeness (QED) is 0.724. The van der Waals surface area contributed by atoms with Crippen LogP contribution in [0.15, 0.2) is 33.5 Å². The molecule has 2 amide bonds. The minimum absolute atomic E-state index is 0.0251. The lowest BCUT2D eigenvalue weighted by Crippen LogP contribution is -2.37. The Balaban J connectivity index is 1.50. The smallest absolute Gasteiger partial charge is 0.407 e. The number of aryl methyl sites for hydroxylation is 1. The lowest BCUT2D eigenvalue weighted by molar-refractivity contribution is -0.121. The Morgan fingerprint density at radius 1 is 1.13 bits per heavy atom. The van der Waals surface area contributed by atoms with Crippen LogP contribution >= 0.6 is 0 Å². The molecule has 1 aromatic heterocycles. The Bertz CT molecular complexity index is 981. The number of carbonyl (C=O) groups is 2. The fraction of sp³-hybridized carbons (Fsp3) is 0.522. The Kier molecular flexibility index (Phi) is 6.48. The molecule has 0 saturated heterocycles. The van der Waals surface area contributed by atoms with Gasteiger partial charge < -0.3 is 19.8 Å². The molecule has 162 valence electrons. The summed E-state index contributed by atoms with van der Waals surface area (Å²) in [6, 6.07) is 6.82. The number of hydrogen-bond acceptors (Lipinski definition) is 5. The van der Waals surface area contributed by atoms with Gasteiger partial charge in [-0.1, -0.05) is 0 Å². The molecule has 0 bridgehead atoms. The molecule has 7 nitrogen and oxygen atoms in total. The highest BCUT2D eigenvalue weighted by Gasteiger charge is 2.27. The van der Waals surface area contributed by atoms with Gasteiger partial charge in [0.15, 0.2) is 0 Å². The van der Waals surface area contributed by atoms with E-state index in [0.717, 1.165) is 36.6 Å². The molecule has 1 heterocycles. The van der Waals surface area contributed by atoms with Crippen molar-refractivity contribution in [3.8, 4) is 0 Å². The van der Waals surface area contributed by atoms with E-state index in [4.69, 9.17) is 9.15 Å². The van der Waals surface area contributed by atoms with E-state index in [9.17, 15) is 14.4 Å². The third-order valence-electron chi connectivity index (χ3n) is 5.37. The van der Waals surface area contributed by atoms with Gasteiger partial charge in [-0.15, -0.1) is 0 Å². The summed E-state index contributed by atoms with van der Waals surface area (Å²) in [4.78, 5) is 36.1. The first-order chi connectivity index (χ1) is 14.1. The highest BCUT2D eigenvalue weighted by molar-refractivity contribution is 5.95. The summed E-state index contributed by atoms with van der Waals surface area (Å²) >= 11 is 0. The predicted octanol–water partition coefficient (Wildman–Crippen LogP) is 4.37. The van der Waals surface area contributed by atoms with Crippen LogP contribution in [0.4, 0.5) is 10.5 Å². The van der Waals surface area contributed by atoms with Gasteiger partial charge in [-0.25, -0.2) is 9.59 Å². The van der Waals surface area contributed by atoms with Crippen LogP contribution in [0.3, 0.4) is 0 Å². The largest absolute Gasteiger partial charge is 0.444 e. The molecule has 0 radical (unpaired) electrons. The van der Waals surface area contributed by atoms with Crippen molar-refractivity contribution in [1.82, 2.24) is 5.32 Å². The number of ether oxygens (including phenoxy) is 1. The summed E-state index contributed by atoms with van der Waals surface area (Å²) in [5, 5.41) is 6.62. The average Bonchev–Trinajstić information content (AvgIpc) is 2.65. The molecule has 3 rings (SSSR count). The van der Waals surface area contributed by atoms with Crippen LogP contribution < -0.4 is 16.3 Å². The summed E-state index contributed by atoms with van der Waals surface area (Å²) in [7, 11) is 0. The van der Waals surface area contributed by atoms with E-state index in [1.165, 1.54) is 6.07 Å². The van der Waals surface area contributed by atoms with Crippen LogP contribution in [-0.4, -0.2) is 24.1 Å². The van der Waals surface area contributed by atoms with Gasteiger partial charge in [-0.05, 0) is 77.0 Å². The second-order valence-electron chi connectivity index (χ2n) is 9.05. The number of nitrogens with one attached hydrogen (secondary N) is 2. The molecule has 2 aromatic rings. The topological polar surface area (TPSA) is 97.6 Å². The molecule has 30 heavy (non-hydrogen) atoms. The third kappa shape index (κ3) is 5.84. The van der Waals surface area contributed by atoms with Gasteiger partial charge in [-0.3, -0.25) is 4.79 Å². The number of fused-ring (bicyclic) bond motifs is 1. The molecule has 0 atom stereocenters. The summed E-state index contributed by atoms with van der Waals surface area (Å²) in [6.07, 6.45) is 2.89. The molecule has 1 fully saturated rings. The number of benzene rings is 1. The van der Waals surface area contributed by atoms with Crippen molar-refractivity contribution >= 4 is 28.7 Å². The van der Waals surface area contributed by atoms with E-state index in [1.54, 1.807) is 6.07 Å². The second kappa shape index (κ2) is 8.90. The molecule has 1 aliphatic rings. The Labute approximate surface area is 176 Å². The molecule has 1 aliphatic carbocycles. The van der Waals surface area contributed by atoms with E-state index in [0.29, 0.717) is 23.7 Å². The maximum absolute atomic E-state index is 12.7. The van der Waals surface area contributed by atoms with Gasteiger partial charge >= 0.3 is 11.7 Å². The zero-order chi connectivity index (χ0) is 21.9. The van der Waals surface area contributed by atoms with Gasteiger partial charge in [0, 0.05) is 35.7 Å². The van der Waals surface area contributed by atoms with Crippen molar-refractivity contribution < 1.29 is 18.7 Å². The average molecular weight is 415 g/mol. The van der Waals surface area contributed by atoms with E-state index in [1.807, 2.05) is 39.8 Å². The van der Waals surface area contributed by atoms with E-state index in [2.05, 4.69) is 10.6 Å². The molecule has 7 heteroatoms. The van der Waals surface area contributed by atoms with Crippen molar-refractivity contribution in [3.05, 3.63) is 40.2 Å². The molecule has 0 unspecified atom stereocenters. The zero-order valence-electron chi connectivity index (χ0n) is 18.0. The molecule has 1 saturated carbocycles. The third-order valence-corrected chi connectivity index (χ3v) is 5.37. The SMILES string of the molecule is Cc1cc(=O)oc2cc(NC(=O)C3CCC(CNC(=O)OC(C)(C)C)CC3)ccc12. The minimum Gasteiger partial charge on any atom is -0.444 e. The standard InChI is InChI=1S/C23H30N2O5/c1-14-11-20(26)29-19-12-17(9-10-18(14)19)25-21(27)16-7-5-15(6-8-16)13-24-22(28)30-23(2,3)4/h9-12,15-16H,5-8,13H2,1-4H3,(H,24,28)(H,25,27). The molecular formula is C23H30N2O5. The number of rotatable bonds is 4. The summed E-state index contributed by atoms with van der Waals surface area (Å²) in [5.41, 5.74) is 1.02. The first-order valence-electron chi connectivity index (χ1n) is 10.4. The van der Waals surface area contributed by atoms with Gasteiger partial charge in [-0.2, -0.15) is 0 Å². The van der Waals surface area contributed by atoms with Crippen molar-refractivity contribution in [2.24, 2.45) is 11.8 Å². The number of alkyl carbamates (subject to hydrolysis) is 1. The van der Waals surface area contributed by atoms with Crippen LogP contribution in [-0.2, 0) is 9.53 Å². The molecule has 2 N–H and O–H groups in total. The Hall–Kier alpha value is -2.83. The van der Waals surface area contributed by atoms with Gasteiger partial charge in [0.1, 0.15) is 11.2 Å². The summed E-state index contributed by atoms with van der Waals surface area (Å²) < 4.78 is 10.5.